The summed E-state index contributed by atoms with van der Waals surface area (Å²) in [6, 6.07) is 12.8. The quantitative estimate of drug-likeness (QED) is 0.777. The van der Waals surface area contributed by atoms with Crippen LogP contribution < -0.4 is 4.72 Å². The number of aryl methyl sites for hydroxylation is 2. The first-order valence-electron chi connectivity index (χ1n) is 6.96. The van der Waals surface area contributed by atoms with E-state index in [1.807, 2.05) is 44.2 Å². The van der Waals surface area contributed by atoms with Crippen molar-refractivity contribution in [1.29, 1.82) is 0 Å². The maximum atomic E-state index is 12.5. The number of hydrogen-bond acceptors (Lipinski definition) is 3. The summed E-state index contributed by atoms with van der Waals surface area (Å²) in [4.78, 5) is 0.269. The number of benzene rings is 2. The highest BCUT2D eigenvalue weighted by Crippen LogP contribution is 2.19. The summed E-state index contributed by atoms with van der Waals surface area (Å²) in [6.07, 6.45) is 0. The van der Waals surface area contributed by atoms with Crippen LogP contribution in [0.4, 0.5) is 0 Å². The summed E-state index contributed by atoms with van der Waals surface area (Å²) in [7, 11) is -3.55. The molecule has 6 heteroatoms. The van der Waals surface area contributed by atoms with Gasteiger partial charge in [0, 0.05) is 17.8 Å². The zero-order valence-corrected chi connectivity index (χ0v) is 13.2. The maximum Gasteiger partial charge on any atom is 0.240 e. The van der Waals surface area contributed by atoms with E-state index in [9.17, 15) is 8.42 Å². The highest BCUT2D eigenvalue weighted by Gasteiger charge is 2.16. The van der Waals surface area contributed by atoms with E-state index in [0.717, 1.165) is 27.7 Å². The normalized spacial score (nSPS) is 11.9. The van der Waals surface area contributed by atoms with E-state index in [1.54, 1.807) is 12.1 Å². The minimum absolute atomic E-state index is 0.226. The van der Waals surface area contributed by atoms with E-state index in [0.29, 0.717) is 0 Å². The molecule has 3 aromatic rings. The Balaban J connectivity index is 1.88. The van der Waals surface area contributed by atoms with Crippen LogP contribution in [0.25, 0.3) is 10.8 Å². The van der Waals surface area contributed by atoms with Gasteiger partial charge in [-0.1, -0.05) is 30.3 Å². The zero-order chi connectivity index (χ0) is 15.7. The zero-order valence-electron chi connectivity index (χ0n) is 12.4. The molecule has 0 amide bonds. The van der Waals surface area contributed by atoms with Gasteiger partial charge >= 0.3 is 0 Å². The van der Waals surface area contributed by atoms with Crippen molar-refractivity contribution in [1.82, 2.24) is 14.9 Å². The maximum absolute atomic E-state index is 12.5. The van der Waals surface area contributed by atoms with E-state index in [2.05, 4.69) is 14.9 Å². The van der Waals surface area contributed by atoms with Crippen molar-refractivity contribution in [3.8, 4) is 0 Å². The van der Waals surface area contributed by atoms with Gasteiger partial charge in [-0.05, 0) is 36.8 Å². The molecule has 0 radical (unpaired) electrons. The molecule has 5 nitrogen and oxygen atoms in total. The highest BCUT2D eigenvalue weighted by molar-refractivity contribution is 7.89. The number of nitrogens with zero attached hydrogens (tertiary/aromatic N) is 1. The van der Waals surface area contributed by atoms with Crippen molar-refractivity contribution in [2.45, 2.75) is 25.3 Å². The van der Waals surface area contributed by atoms with Gasteiger partial charge in [0.15, 0.2) is 0 Å². The lowest BCUT2D eigenvalue weighted by atomic mass is 10.1. The van der Waals surface area contributed by atoms with E-state index in [4.69, 9.17) is 0 Å². The Morgan fingerprint density at radius 1 is 1.09 bits per heavy atom. The SMILES string of the molecule is Cc1n[nH]c(C)c1CNS(=O)(=O)c1ccc2ccccc2c1. The molecule has 1 aromatic heterocycles. The molecular weight excluding hydrogens is 298 g/mol. The molecule has 3 rings (SSSR count). The van der Waals surface area contributed by atoms with Gasteiger partial charge in [0.2, 0.25) is 10.0 Å². The predicted octanol–water partition coefficient (Wildman–Crippen LogP) is 2.66. The van der Waals surface area contributed by atoms with Gasteiger partial charge in [0.25, 0.3) is 0 Å². The largest absolute Gasteiger partial charge is 0.282 e. The first kappa shape index (κ1) is 14.7. The van der Waals surface area contributed by atoms with Crippen LogP contribution in [-0.4, -0.2) is 18.6 Å². The average Bonchev–Trinajstić information content (AvgIpc) is 2.83. The molecule has 0 aliphatic heterocycles. The summed E-state index contributed by atoms with van der Waals surface area (Å²) in [5.74, 6) is 0. The minimum atomic E-state index is -3.55. The first-order chi connectivity index (χ1) is 10.5. The van der Waals surface area contributed by atoms with Gasteiger partial charge < -0.3 is 0 Å². The lowest BCUT2D eigenvalue weighted by Gasteiger charge is -2.08. The van der Waals surface area contributed by atoms with E-state index >= 15 is 0 Å². The second kappa shape index (κ2) is 5.55. The Morgan fingerprint density at radius 3 is 2.50 bits per heavy atom. The predicted molar refractivity (Wildman–Crippen MR) is 86.0 cm³/mol. The van der Waals surface area contributed by atoms with Crippen molar-refractivity contribution in [2.24, 2.45) is 0 Å². The molecule has 0 spiro atoms. The number of rotatable bonds is 4. The van der Waals surface area contributed by atoms with Crippen molar-refractivity contribution in [2.75, 3.05) is 0 Å². The summed E-state index contributed by atoms with van der Waals surface area (Å²) in [5, 5.41) is 8.84. The Morgan fingerprint density at radius 2 is 1.82 bits per heavy atom. The minimum Gasteiger partial charge on any atom is -0.282 e. The molecule has 22 heavy (non-hydrogen) atoms. The van der Waals surface area contributed by atoms with E-state index in [1.165, 1.54) is 0 Å². The standard InChI is InChI=1S/C16H17N3O2S/c1-11-16(12(2)19-18-11)10-17-22(20,21)15-8-7-13-5-3-4-6-14(13)9-15/h3-9,17H,10H2,1-2H3,(H,18,19). The Labute approximate surface area is 129 Å². The van der Waals surface area contributed by atoms with Crippen LogP contribution in [0.3, 0.4) is 0 Å². The molecule has 0 saturated carbocycles. The van der Waals surface area contributed by atoms with Crippen LogP contribution in [0, 0.1) is 13.8 Å². The lowest BCUT2D eigenvalue weighted by molar-refractivity contribution is 0.581. The molecule has 0 aliphatic carbocycles. The molecule has 0 saturated heterocycles. The van der Waals surface area contributed by atoms with Crippen molar-refractivity contribution >= 4 is 20.8 Å². The van der Waals surface area contributed by atoms with Crippen LogP contribution in [0.2, 0.25) is 0 Å². The molecule has 0 fully saturated rings. The molecule has 114 valence electrons. The summed E-state index contributed by atoms with van der Waals surface area (Å²) in [6.45, 7) is 3.95. The number of hydrogen-bond donors (Lipinski definition) is 2. The molecule has 0 atom stereocenters. The molecule has 2 aromatic carbocycles. The van der Waals surface area contributed by atoms with Gasteiger partial charge in [-0.2, -0.15) is 5.10 Å². The van der Waals surface area contributed by atoms with Crippen molar-refractivity contribution in [3.63, 3.8) is 0 Å². The van der Waals surface area contributed by atoms with E-state index < -0.39 is 10.0 Å². The van der Waals surface area contributed by atoms with Gasteiger partial charge in [-0.15, -0.1) is 0 Å². The third-order valence-corrected chi connectivity index (χ3v) is 5.15. The Kier molecular flexibility index (Phi) is 3.72. The number of nitrogens with one attached hydrogen (secondary N) is 2. The molecule has 0 aliphatic rings. The number of fused-ring (bicyclic) bond motifs is 1. The average molecular weight is 315 g/mol. The third-order valence-electron chi connectivity index (χ3n) is 3.75. The van der Waals surface area contributed by atoms with Gasteiger partial charge in [-0.25, -0.2) is 13.1 Å². The van der Waals surface area contributed by atoms with E-state index in [-0.39, 0.29) is 11.4 Å². The molecule has 2 N–H and O–H groups in total. The molecule has 0 unspecified atom stereocenters. The fraction of sp³-hybridized carbons (Fsp3) is 0.188. The van der Waals surface area contributed by atoms with Gasteiger partial charge in [-0.3, -0.25) is 5.10 Å². The Hall–Kier alpha value is -2.18. The molecule has 0 bridgehead atoms. The van der Waals surface area contributed by atoms with Crippen LogP contribution in [-0.2, 0) is 16.6 Å². The second-order valence-electron chi connectivity index (χ2n) is 5.25. The highest BCUT2D eigenvalue weighted by atomic mass is 32.2. The lowest BCUT2D eigenvalue weighted by Crippen LogP contribution is -2.23. The third kappa shape index (κ3) is 2.75. The van der Waals surface area contributed by atoms with Crippen LogP contribution in [0.15, 0.2) is 47.4 Å². The Bertz CT molecular complexity index is 910. The number of aromatic amines is 1. The van der Waals surface area contributed by atoms with Crippen molar-refractivity contribution < 1.29 is 8.42 Å². The number of sulfonamides is 1. The van der Waals surface area contributed by atoms with Gasteiger partial charge in [0.1, 0.15) is 0 Å². The van der Waals surface area contributed by atoms with Gasteiger partial charge in [0.05, 0.1) is 10.6 Å². The summed E-state index contributed by atoms with van der Waals surface area (Å²) < 4.78 is 27.5. The molecular formula is C16H17N3O2S. The van der Waals surface area contributed by atoms with Crippen LogP contribution in [0.5, 0.6) is 0 Å². The first-order valence-corrected chi connectivity index (χ1v) is 8.44. The summed E-state index contributed by atoms with van der Waals surface area (Å²) >= 11 is 0. The monoisotopic (exact) mass is 315 g/mol. The number of H-pyrrole nitrogens is 1. The fourth-order valence-corrected chi connectivity index (χ4v) is 3.45. The second-order valence-corrected chi connectivity index (χ2v) is 7.01. The topological polar surface area (TPSA) is 74.8 Å². The molecule has 1 heterocycles. The fourth-order valence-electron chi connectivity index (χ4n) is 2.42. The van der Waals surface area contributed by atoms with Crippen LogP contribution in [0.1, 0.15) is 17.0 Å². The summed E-state index contributed by atoms with van der Waals surface area (Å²) in [5.41, 5.74) is 2.56. The smallest absolute Gasteiger partial charge is 0.240 e. The van der Waals surface area contributed by atoms with Crippen molar-refractivity contribution in [3.05, 3.63) is 59.4 Å². The number of aromatic nitrogens is 2. The van der Waals surface area contributed by atoms with Crippen LogP contribution >= 0.6 is 0 Å².